The van der Waals surface area contributed by atoms with E-state index in [0.29, 0.717) is 35.5 Å². The number of carbonyl (C=O) groups is 2. The molecule has 2 amide bonds. The first-order chi connectivity index (χ1) is 19.0. The molecule has 0 fully saturated rings. The van der Waals surface area contributed by atoms with Crippen LogP contribution in [0, 0.1) is 19.7 Å². The molecule has 0 aromatic heterocycles. The summed E-state index contributed by atoms with van der Waals surface area (Å²) in [4.78, 5) is 28.5. The lowest BCUT2D eigenvalue weighted by molar-refractivity contribution is -0.140. The Morgan fingerprint density at radius 3 is 2.23 bits per heavy atom. The van der Waals surface area contributed by atoms with Crippen molar-refractivity contribution in [3.63, 3.8) is 0 Å². The van der Waals surface area contributed by atoms with Gasteiger partial charge >= 0.3 is 0 Å². The van der Waals surface area contributed by atoms with Crippen molar-refractivity contribution in [1.82, 2.24) is 10.2 Å². The molecule has 0 aliphatic rings. The van der Waals surface area contributed by atoms with Crippen LogP contribution in [0.4, 0.5) is 10.1 Å². The van der Waals surface area contributed by atoms with Gasteiger partial charge in [-0.05, 0) is 74.2 Å². The van der Waals surface area contributed by atoms with Crippen LogP contribution in [-0.2, 0) is 26.2 Å². The number of hydrogen-bond donors (Lipinski definition) is 1. The van der Waals surface area contributed by atoms with Gasteiger partial charge in [-0.3, -0.25) is 13.9 Å². The Morgan fingerprint density at radius 1 is 0.975 bits per heavy atom. The molecule has 3 rings (SSSR count). The highest BCUT2D eigenvalue weighted by Gasteiger charge is 2.34. The van der Waals surface area contributed by atoms with Gasteiger partial charge in [-0.15, -0.1) is 0 Å². The molecule has 0 saturated carbocycles. The molecule has 40 heavy (non-hydrogen) atoms. The molecule has 0 spiro atoms. The fourth-order valence-corrected chi connectivity index (χ4v) is 5.93. The van der Waals surface area contributed by atoms with Gasteiger partial charge in [-0.1, -0.05) is 61.3 Å². The monoisotopic (exact) mass is 587 g/mol. The number of anilines is 1. The fraction of sp³-hybridized carbons (Fsp3) is 0.333. The number of sulfonamides is 1. The first-order valence-corrected chi connectivity index (χ1v) is 15.0. The van der Waals surface area contributed by atoms with Crippen LogP contribution in [0.2, 0.25) is 5.02 Å². The maximum Gasteiger partial charge on any atom is 0.264 e. The molecule has 214 valence electrons. The normalized spacial score (nSPS) is 12.1. The minimum Gasteiger partial charge on any atom is -0.354 e. The number of nitrogens with zero attached hydrogens (tertiary/aromatic N) is 2. The Kier molecular flexibility index (Phi) is 10.7. The van der Waals surface area contributed by atoms with Crippen LogP contribution < -0.4 is 9.62 Å². The Hall–Kier alpha value is -3.43. The third kappa shape index (κ3) is 7.40. The van der Waals surface area contributed by atoms with Crippen LogP contribution >= 0.6 is 11.6 Å². The summed E-state index contributed by atoms with van der Waals surface area (Å²) in [5.41, 5.74) is 2.23. The van der Waals surface area contributed by atoms with Gasteiger partial charge in [0.05, 0.1) is 10.6 Å². The lowest BCUT2D eigenvalue weighted by Gasteiger charge is -2.33. The molecule has 0 unspecified atom stereocenters. The second kappa shape index (κ2) is 13.8. The number of halogens is 2. The number of nitrogens with one attached hydrogen (secondary N) is 1. The molecule has 0 radical (unpaired) electrons. The quantitative estimate of drug-likeness (QED) is 0.298. The molecule has 0 heterocycles. The molecule has 0 bridgehead atoms. The minimum absolute atomic E-state index is 0.00981. The van der Waals surface area contributed by atoms with E-state index >= 15 is 0 Å². The zero-order chi connectivity index (χ0) is 29.4. The molecule has 3 aromatic carbocycles. The summed E-state index contributed by atoms with van der Waals surface area (Å²) in [5, 5.41) is 3.18. The summed E-state index contributed by atoms with van der Waals surface area (Å²) < 4.78 is 42.6. The van der Waals surface area contributed by atoms with E-state index in [-0.39, 0.29) is 23.0 Å². The Labute approximate surface area is 241 Å². The van der Waals surface area contributed by atoms with Crippen LogP contribution in [0.1, 0.15) is 43.4 Å². The average molecular weight is 588 g/mol. The van der Waals surface area contributed by atoms with Gasteiger partial charge in [0.1, 0.15) is 18.4 Å². The maximum atomic E-state index is 14.0. The Balaban J connectivity index is 2.09. The highest BCUT2D eigenvalue weighted by molar-refractivity contribution is 7.92. The average Bonchev–Trinajstić information content (AvgIpc) is 2.93. The molecule has 0 aliphatic carbocycles. The molecular formula is C30H35ClFN3O4S. The summed E-state index contributed by atoms with van der Waals surface area (Å²) in [7, 11) is -4.21. The lowest BCUT2D eigenvalue weighted by Crippen LogP contribution is -2.52. The summed E-state index contributed by atoms with van der Waals surface area (Å²) >= 11 is 6.36. The SMILES string of the molecule is CCCNC(=O)[C@@H](CC)N(Cc1ccc(F)cc1)C(=O)CN(c1cccc(Cl)c1C)S(=O)(=O)c1ccc(C)cc1. The van der Waals surface area contributed by atoms with Gasteiger partial charge in [0, 0.05) is 18.1 Å². The van der Waals surface area contributed by atoms with E-state index in [4.69, 9.17) is 11.6 Å². The third-order valence-corrected chi connectivity index (χ3v) is 8.78. The number of hydrogen-bond acceptors (Lipinski definition) is 4. The van der Waals surface area contributed by atoms with E-state index < -0.39 is 34.3 Å². The standard InChI is InChI=1S/C30H35ClFN3O4S/c1-5-18-33-30(37)27(6-2)34(19-23-12-14-24(32)15-13-23)29(36)20-35(28-9-7-8-26(31)22(28)4)40(38,39)25-16-10-21(3)11-17-25/h7-17,27H,5-6,18-20H2,1-4H3,(H,33,37)/t27-/m1/s1. The van der Waals surface area contributed by atoms with Crippen LogP contribution in [0.15, 0.2) is 71.6 Å². The molecule has 1 N–H and O–H groups in total. The van der Waals surface area contributed by atoms with Crippen molar-refractivity contribution in [2.45, 2.75) is 58.0 Å². The van der Waals surface area contributed by atoms with Crippen LogP contribution in [0.3, 0.4) is 0 Å². The van der Waals surface area contributed by atoms with Crippen molar-refractivity contribution in [3.05, 3.63) is 94.3 Å². The van der Waals surface area contributed by atoms with Gasteiger partial charge < -0.3 is 10.2 Å². The van der Waals surface area contributed by atoms with Gasteiger partial charge in [0.2, 0.25) is 11.8 Å². The largest absolute Gasteiger partial charge is 0.354 e. The van der Waals surface area contributed by atoms with E-state index in [9.17, 15) is 22.4 Å². The summed E-state index contributed by atoms with van der Waals surface area (Å²) in [6.07, 6.45) is 1.01. The fourth-order valence-electron chi connectivity index (χ4n) is 4.29. The third-order valence-electron chi connectivity index (χ3n) is 6.60. The van der Waals surface area contributed by atoms with E-state index in [0.717, 1.165) is 9.87 Å². The molecular weight excluding hydrogens is 553 g/mol. The first-order valence-electron chi connectivity index (χ1n) is 13.2. The topological polar surface area (TPSA) is 86.8 Å². The maximum absolute atomic E-state index is 14.0. The van der Waals surface area contributed by atoms with Gasteiger partial charge in [0.15, 0.2) is 0 Å². The number of rotatable bonds is 12. The van der Waals surface area contributed by atoms with E-state index in [1.54, 1.807) is 44.2 Å². The predicted octanol–water partition coefficient (Wildman–Crippen LogP) is 5.62. The summed E-state index contributed by atoms with van der Waals surface area (Å²) in [5.74, 6) is -1.36. The van der Waals surface area contributed by atoms with E-state index in [1.807, 2.05) is 13.8 Å². The second-order valence-electron chi connectivity index (χ2n) is 9.57. The number of benzene rings is 3. The van der Waals surface area contributed by atoms with Crippen molar-refractivity contribution >= 4 is 39.1 Å². The van der Waals surface area contributed by atoms with Crippen molar-refractivity contribution in [2.75, 3.05) is 17.4 Å². The number of amides is 2. The van der Waals surface area contributed by atoms with Crippen LogP contribution in [-0.4, -0.2) is 44.3 Å². The lowest BCUT2D eigenvalue weighted by atomic mass is 10.1. The molecule has 0 saturated heterocycles. The van der Waals surface area contributed by atoms with Crippen molar-refractivity contribution in [3.8, 4) is 0 Å². The minimum atomic E-state index is -4.21. The first kappa shape index (κ1) is 31.1. The molecule has 7 nitrogen and oxygen atoms in total. The summed E-state index contributed by atoms with van der Waals surface area (Å²) in [6.45, 7) is 7.08. The zero-order valence-corrected chi connectivity index (χ0v) is 24.7. The van der Waals surface area contributed by atoms with E-state index in [2.05, 4.69) is 5.32 Å². The van der Waals surface area contributed by atoms with Crippen molar-refractivity contribution in [2.24, 2.45) is 0 Å². The van der Waals surface area contributed by atoms with Gasteiger partial charge in [0.25, 0.3) is 10.0 Å². The number of carbonyl (C=O) groups excluding carboxylic acids is 2. The highest BCUT2D eigenvalue weighted by atomic mass is 35.5. The zero-order valence-electron chi connectivity index (χ0n) is 23.2. The Bertz CT molecular complexity index is 1430. The second-order valence-corrected chi connectivity index (χ2v) is 11.8. The predicted molar refractivity (Wildman–Crippen MR) is 156 cm³/mol. The summed E-state index contributed by atoms with van der Waals surface area (Å²) in [6, 6.07) is 16.0. The molecule has 3 aromatic rings. The molecule has 10 heteroatoms. The number of aryl methyl sites for hydroxylation is 1. The van der Waals surface area contributed by atoms with E-state index in [1.165, 1.54) is 41.3 Å². The smallest absolute Gasteiger partial charge is 0.264 e. The van der Waals surface area contributed by atoms with Crippen LogP contribution in [0.25, 0.3) is 0 Å². The molecule has 1 atom stereocenters. The highest BCUT2D eigenvalue weighted by Crippen LogP contribution is 2.31. The Morgan fingerprint density at radius 2 is 1.62 bits per heavy atom. The van der Waals surface area contributed by atoms with Gasteiger partial charge in [-0.2, -0.15) is 0 Å². The van der Waals surface area contributed by atoms with Crippen molar-refractivity contribution < 1.29 is 22.4 Å². The van der Waals surface area contributed by atoms with Gasteiger partial charge in [-0.25, -0.2) is 12.8 Å². The molecule has 0 aliphatic heterocycles. The van der Waals surface area contributed by atoms with Crippen LogP contribution in [0.5, 0.6) is 0 Å². The van der Waals surface area contributed by atoms with Crippen molar-refractivity contribution in [1.29, 1.82) is 0 Å².